The topological polar surface area (TPSA) is 49.8 Å². The Labute approximate surface area is 105 Å². The average Bonchev–Trinajstić information content (AvgIpc) is 2.30. The molecule has 0 aliphatic carbocycles. The molecule has 0 unspecified atom stereocenters. The van der Waals surface area contributed by atoms with E-state index in [1.54, 1.807) is 6.20 Å². The van der Waals surface area contributed by atoms with Crippen LogP contribution in [0, 0.1) is 0 Å². The molecule has 1 heterocycles. The van der Waals surface area contributed by atoms with Gasteiger partial charge < -0.3 is 10.6 Å². The number of anilines is 3. The normalized spacial score (nSPS) is 10.0. The van der Waals surface area contributed by atoms with Crippen molar-refractivity contribution in [2.24, 2.45) is 0 Å². The minimum absolute atomic E-state index is 0.611. The molecule has 0 atom stereocenters. The second kappa shape index (κ2) is 5.50. The van der Waals surface area contributed by atoms with E-state index in [-0.39, 0.29) is 0 Å². The molecular formula is C12H13ClN4. The first-order valence-electron chi connectivity index (χ1n) is 5.37. The minimum Gasteiger partial charge on any atom is -0.354 e. The molecule has 2 N–H and O–H groups in total. The van der Waals surface area contributed by atoms with Crippen LogP contribution < -0.4 is 10.6 Å². The van der Waals surface area contributed by atoms with E-state index in [9.17, 15) is 0 Å². The van der Waals surface area contributed by atoms with Crippen LogP contribution >= 0.6 is 11.6 Å². The summed E-state index contributed by atoms with van der Waals surface area (Å²) in [6, 6.07) is 9.30. The Morgan fingerprint density at radius 1 is 1.29 bits per heavy atom. The molecule has 2 aromatic rings. The van der Waals surface area contributed by atoms with Crippen molar-refractivity contribution in [2.75, 3.05) is 17.2 Å². The fourth-order valence-electron chi connectivity index (χ4n) is 1.39. The summed E-state index contributed by atoms with van der Waals surface area (Å²) in [6.07, 6.45) is 1.71. The highest BCUT2D eigenvalue weighted by Gasteiger charge is 1.99. The molecule has 0 bridgehead atoms. The summed E-state index contributed by atoms with van der Waals surface area (Å²) in [5.74, 6) is 1.35. The van der Waals surface area contributed by atoms with Crippen molar-refractivity contribution >= 4 is 29.1 Å². The highest BCUT2D eigenvalue weighted by molar-refractivity contribution is 6.30. The Balaban J connectivity index is 2.15. The Hall–Kier alpha value is -1.81. The molecule has 0 amide bonds. The first kappa shape index (κ1) is 11.7. The molecule has 2 rings (SSSR count). The predicted molar refractivity (Wildman–Crippen MR) is 70.9 cm³/mol. The maximum absolute atomic E-state index is 5.91. The molecule has 4 nitrogen and oxygen atoms in total. The van der Waals surface area contributed by atoms with Crippen molar-refractivity contribution in [1.29, 1.82) is 0 Å². The molecule has 88 valence electrons. The zero-order chi connectivity index (χ0) is 12.1. The van der Waals surface area contributed by atoms with E-state index in [1.807, 2.05) is 37.3 Å². The van der Waals surface area contributed by atoms with Gasteiger partial charge in [-0.25, -0.2) is 4.98 Å². The van der Waals surface area contributed by atoms with E-state index in [1.165, 1.54) is 0 Å². The number of aromatic nitrogens is 2. The van der Waals surface area contributed by atoms with Crippen LogP contribution in [0.25, 0.3) is 0 Å². The summed E-state index contributed by atoms with van der Waals surface area (Å²) < 4.78 is 0. The van der Waals surface area contributed by atoms with Gasteiger partial charge in [-0.15, -0.1) is 0 Å². The van der Waals surface area contributed by atoms with Crippen LogP contribution in [0.15, 0.2) is 36.5 Å². The van der Waals surface area contributed by atoms with Crippen LogP contribution in [0.2, 0.25) is 5.02 Å². The molecule has 17 heavy (non-hydrogen) atoms. The van der Waals surface area contributed by atoms with Gasteiger partial charge in [-0.3, -0.25) is 0 Å². The maximum atomic E-state index is 5.91. The van der Waals surface area contributed by atoms with Gasteiger partial charge in [0.1, 0.15) is 5.82 Å². The third-order valence-electron chi connectivity index (χ3n) is 2.09. The van der Waals surface area contributed by atoms with Crippen molar-refractivity contribution in [2.45, 2.75) is 6.92 Å². The van der Waals surface area contributed by atoms with E-state index in [0.29, 0.717) is 11.0 Å². The Bertz CT molecular complexity index is 501. The van der Waals surface area contributed by atoms with E-state index >= 15 is 0 Å². The molecule has 0 aliphatic rings. The van der Waals surface area contributed by atoms with Gasteiger partial charge in [0, 0.05) is 23.5 Å². The van der Waals surface area contributed by atoms with Gasteiger partial charge in [0.2, 0.25) is 5.95 Å². The van der Waals surface area contributed by atoms with Crippen LogP contribution in [0.1, 0.15) is 6.92 Å². The van der Waals surface area contributed by atoms with Crippen LogP contribution in [-0.4, -0.2) is 16.5 Å². The number of benzene rings is 1. The van der Waals surface area contributed by atoms with Gasteiger partial charge in [-0.1, -0.05) is 17.7 Å². The molecule has 0 aliphatic heterocycles. The van der Waals surface area contributed by atoms with Gasteiger partial charge >= 0.3 is 0 Å². The van der Waals surface area contributed by atoms with Crippen molar-refractivity contribution < 1.29 is 0 Å². The number of halogens is 1. The monoisotopic (exact) mass is 248 g/mol. The van der Waals surface area contributed by atoms with E-state index < -0.39 is 0 Å². The Kier molecular flexibility index (Phi) is 3.77. The number of hydrogen-bond donors (Lipinski definition) is 2. The zero-order valence-electron chi connectivity index (χ0n) is 9.44. The van der Waals surface area contributed by atoms with Crippen molar-refractivity contribution in [3.8, 4) is 0 Å². The lowest BCUT2D eigenvalue weighted by molar-refractivity contribution is 1.09. The predicted octanol–water partition coefficient (Wildman–Crippen LogP) is 3.31. The molecule has 5 heteroatoms. The van der Waals surface area contributed by atoms with Gasteiger partial charge in [-0.2, -0.15) is 4.98 Å². The summed E-state index contributed by atoms with van der Waals surface area (Å²) in [6.45, 7) is 2.79. The molecule has 0 saturated heterocycles. The summed E-state index contributed by atoms with van der Waals surface area (Å²) in [7, 11) is 0. The summed E-state index contributed by atoms with van der Waals surface area (Å²) in [5, 5.41) is 6.92. The van der Waals surface area contributed by atoms with Gasteiger partial charge in [0.05, 0.1) is 0 Å². The second-order valence-corrected chi connectivity index (χ2v) is 3.87. The second-order valence-electron chi connectivity index (χ2n) is 3.43. The Morgan fingerprint density at radius 3 is 2.94 bits per heavy atom. The Morgan fingerprint density at radius 2 is 2.18 bits per heavy atom. The largest absolute Gasteiger partial charge is 0.354 e. The van der Waals surface area contributed by atoms with E-state index in [2.05, 4.69) is 20.6 Å². The lowest BCUT2D eigenvalue weighted by Gasteiger charge is -2.07. The van der Waals surface area contributed by atoms with Gasteiger partial charge in [-0.05, 0) is 31.2 Å². The van der Waals surface area contributed by atoms with Crippen molar-refractivity contribution in [3.63, 3.8) is 0 Å². The van der Waals surface area contributed by atoms with Crippen LogP contribution in [-0.2, 0) is 0 Å². The lowest BCUT2D eigenvalue weighted by Crippen LogP contribution is -2.03. The van der Waals surface area contributed by atoms with Gasteiger partial charge in [0.25, 0.3) is 0 Å². The fourth-order valence-corrected chi connectivity index (χ4v) is 1.58. The van der Waals surface area contributed by atoms with E-state index in [4.69, 9.17) is 11.6 Å². The maximum Gasteiger partial charge on any atom is 0.224 e. The van der Waals surface area contributed by atoms with Crippen molar-refractivity contribution in [1.82, 2.24) is 9.97 Å². The number of nitrogens with zero attached hydrogens (tertiary/aromatic N) is 2. The van der Waals surface area contributed by atoms with Crippen molar-refractivity contribution in [3.05, 3.63) is 41.6 Å². The third kappa shape index (κ3) is 3.32. The van der Waals surface area contributed by atoms with Crippen LogP contribution in [0.5, 0.6) is 0 Å². The summed E-state index contributed by atoms with van der Waals surface area (Å²) >= 11 is 5.91. The SMILES string of the molecule is CCNc1nccc(Nc2cccc(Cl)c2)n1. The highest BCUT2D eigenvalue weighted by Crippen LogP contribution is 2.18. The zero-order valence-corrected chi connectivity index (χ0v) is 10.2. The molecule has 0 saturated carbocycles. The quantitative estimate of drug-likeness (QED) is 0.872. The molecule has 1 aromatic heterocycles. The number of rotatable bonds is 4. The molecule has 1 aromatic carbocycles. The van der Waals surface area contributed by atoms with Crippen LogP contribution in [0.3, 0.4) is 0 Å². The summed E-state index contributed by atoms with van der Waals surface area (Å²) in [5.41, 5.74) is 0.902. The third-order valence-corrected chi connectivity index (χ3v) is 2.32. The fraction of sp³-hybridized carbons (Fsp3) is 0.167. The first-order chi connectivity index (χ1) is 8.28. The molecule has 0 spiro atoms. The lowest BCUT2D eigenvalue weighted by atomic mass is 10.3. The molecular weight excluding hydrogens is 236 g/mol. The smallest absolute Gasteiger partial charge is 0.224 e. The highest BCUT2D eigenvalue weighted by atomic mass is 35.5. The summed E-state index contributed by atoms with van der Waals surface area (Å²) in [4.78, 5) is 8.41. The minimum atomic E-state index is 0.611. The standard InChI is InChI=1S/C12H13ClN4/c1-2-14-12-15-7-6-11(17-12)16-10-5-3-4-9(13)8-10/h3-8H,2H2,1H3,(H2,14,15,16,17). The van der Waals surface area contributed by atoms with E-state index in [0.717, 1.165) is 18.1 Å². The molecule has 0 fully saturated rings. The first-order valence-corrected chi connectivity index (χ1v) is 5.75. The van der Waals surface area contributed by atoms with Crippen LogP contribution in [0.4, 0.5) is 17.5 Å². The average molecular weight is 249 g/mol. The molecule has 0 radical (unpaired) electrons. The number of nitrogens with one attached hydrogen (secondary N) is 2. The van der Waals surface area contributed by atoms with Gasteiger partial charge in [0.15, 0.2) is 0 Å². The number of hydrogen-bond acceptors (Lipinski definition) is 4.